The highest BCUT2D eigenvalue weighted by Gasteiger charge is 2.21. The first kappa shape index (κ1) is 14.6. The van der Waals surface area contributed by atoms with Gasteiger partial charge in [0.2, 0.25) is 0 Å². The molecule has 0 spiro atoms. The number of Topliss-reactive ketones (excluding diaryl/α,β-unsaturated/α-hetero) is 1. The second kappa shape index (κ2) is 5.48. The summed E-state index contributed by atoms with van der Waals surface area (Å²) in [6.45, 7) is 5.60. The Balaban J connectivity index is 2.75. The van der Waals surface area contributed by atoms with E-state index in [0.29, 0.717) is 17.9 Å². The summed E-state index contributed by atoms with van der Waals surface area (Å²) in [4.78, 5) is 21.8. The average molecular weight is 270 g/mol. The van der Waals surface area contributed by atoms with E-state index in [0.717, 1.165) is 5.56 Å². The van der Waals surface area contributed by atoms with E-state index in [2.05, 4.69) is 0 Å². The van der Waals surface area contributed by atoms with Crippen LogP contribution in [-0.2, 0) is 11.2 Å². The number of hydrogen-bond acceptors (Lipinski definition) is 3. The first-order valence-corrected chi connectivity index (χ1v) is 6.05. The topological polar surface area (TPSA) is 60.2 Å². The van der Waals surface area contributed by atoms with Gasteiger partial charge in [-0.3, -0.25) is 14.9 Å². The predicted molar refractivity (Wildman–Crippen MR) is 70.9 cm³/mol. The largest absolute Gasteiger partial charge is 0.299 e. The second-order valence-corrected chi connectivity index (χ2v) is 5.61. The number of halogens is 1. The van der Waals surface area contributed by atoms with Gasteiger partial charge in [-0.2, -0.15) is 0 Å². The van der Waals surface area contributed by atoms with Gasteiger partial charge in [0.15, 0.2) is 0 Å². The predicted octanol–water partition coefficient (Wildman–Crippen LogP) is 3.80. The Hall–Kier alpha value is -1.42. The fraction of sp³-hybridized carbons (Fsp3) is 0.462. The molecule has 1 rings (SSSR count). The Morgan fingerprint density at radius 2 is 2.00 bits per heavy atom. The normalized spacial score (nSPS) is 11.3. The molecule has 1 aromatic carbocycles. The third-order valence-corrected chi connectivity index (χ3v) is 3.06. The van der Waals surface area contributed by atoms with E-state index in [9.17, 15) is 14.9 Å². The lowest BCUT2D eigenvalue weighted by Gasteiger charge is -2.16. The van der Waals surface area contributed by atoms with E-state index >= 15 is 0 Å². The van der Waals surface area contributed by atoms with Crippen molar-refractivity contribution in [2.75, 3.05) is 0 Å². The molecule has 0 saturated heterocycles. The fourth-order valence-electron chi connectivity index (χ4n) is 1.48. The molecule has 0 amide bonds. The van der Waals surface area contributed by atoms with E-state index in [1.165, 1.54) is 12.1 Å². The zero-order chi connectivity index (χ0) is 13.9. The monoisotopic (exact) mass is 269 g/mol. The van der Waals surface area contributed by atoms with Crippen LogP contribution in [0.4, 0.5) is 5.69 Å². The smallest absolute Gasteiger partial charge is 0.270 e. The van der Waals surface area contributed by atoms with Crippen LogP contribution in [0.5, 0.6) is 0 Å². The summed E-state index contributed by atoms with van der Waals surface area (Å²) in [6.07, 6.45) is 0.897. The molecule has 0 fully saturated rings. The van der Waals surface area contributed by atoms with Crippen LogP contribution in [0.2, 0.25) is 5.02 Å². The number of benzene rings is 1. The van der Waals surface area contributed by atoms with Gasteiger partial charge in [0.25, 0.3) is 5.69 Å². The number of carbonyl (C=O) groups is 1. The highest BCUT2D eigenvalue weighted by molar-refractivity contribution is 6.31. The second-order valence-electron chi connectivity index (χ2n) is 5.21. The van der Waals surface area contributed by atoms with Gasteiger partial charge in [0.1, 0.15) is 5.78 Å². The van der Waals surface area contributed by atoms with Crippen LogP contribution in [0.3, 0.4) is 0 Å². The lowest BCUT2D eigenvalue weighted by molar-refractivity contribution is -0.384. The van der Waals surface area contributed by atoms with E-state index in [1.54, 1.807) is 6.07 Å². The summed E-state index contributed by atoms with van der Waals surface area (Å²) in [5.41, 5.74) is 0.360. The molecule has 98 valence electrons. The highest BCUT2D eigenvalue weighted by atomic mass is 35.5. The zero-order valence-electron chi connectivity index (χ0n) is 10.7. The minimum absolute atomic E-state index is 0.0362. The molecule has 0 heterocycles. The molecule has 0 saturated carbocycles. The van der Waals surface area contributed by atoms with Crippen LogP contribution in [-0.4, -0.2) is 10.7 Å². The molecule has 0 unspecified atom stereocenters. The molecule has 0 aromatic heterocycles. The molecule has 0 aliphatic heterocycles. The van der Waals surface area contributed by atoms with Crippen LogP contribution in [0.1, 0.15) is 32.8 Å². The maximum atomic E-state index is 11.8. The molecule has 1 aromatic rings. The first-order valence-electron chi connectivity index (χ1n) is 5.68. The molecule has 0 aliphatic rings. The summed E-state index contributed by atoms with van der Waals surface area (Å²) in [7, 11) is 0. The number of nitro groups is 1. The number of nitrogens with zero attached hydrogens (tertiary/aromatic N) is 1. The fourth-order valence-corrected chi connectivity index (χ4v) is 1.75. The maximum absolute atomic E-state index is 11.8. The number of non-ortho nitro benzene ring substituents is 1. The van der Waals surface area contributed by atoms with E-state index in [1.807, 2.05) is 20.8 Å². The Morgan fingerprint density at radius 1 is 1.39 bits per heavy atom. The van der Waals surface area contributed by atoms with Gasteiger partial charge in [-0.15, -0.1) is 0 Å². The summed E-state index contributed by atoms with van der Waals surface area (Å²) in [5, 5.41) is 10.9. The van der Waals surface area contributed by atoms with Gasteiger partial charge in [-0.25, -0.2) is 0 Å². The molecular weight excluding hydrogens is 254 g/mol. The molecule has 4 nitrogen and oxygen atoms in total. The minimum Gasteiger partial charge on any atom is -0.299 e. The summed E-state index contributed by atoms with van der Waals surface area (Å²) < 4.78 is 0. The highest BCUT2D eigenvalue weighted by Crippen LogP contribution is 2.25. The summed E-state index contributed by atoms with van der Waals surface area (Å²) in [5.74, 6) is 0.150. The van der Waals surface area contributed by atoms with Crippen LogP contribution in [0.15, 0.2) is 18.2 Å². The lowest BCUT2D eigenvalue weighted by atomic mass is 9.87. The number of ketones is 1. The minimum atomic E-state index is -0.490. The van der Waals surface area contributed by atoms with Crippen molar-refractivity contribution >= 4 is 23.1 Å². The summed E-state index contributed by atoms with van der Waals surface area (Å²) >= 11 is 5.96. The van der Waals surface area contributed by atoms with Gasteiger partial charge in [0.05, 0.1) is 9.95 Å². The SMILES string of the molecule is CC(C)(C)C(=O)CCc1ccc([N+](=O)[O-])cc1Cl. The third kappa shape index (κ3) is 3.81. The Kier molecular flexibility index (Phi) is 4.46. The Labute approximate surface area is 111 Å². The number of aryl methyl sites for hydroxylation is 1. The molecule has 0 aliphatic carbocycles. The Morgan fingerprint density at radius 3 is 2.44 bits per heavy atom. The number of nitro benzene ring substituents is 1. The van der Waals surface area contributed by atoms with Gasteiger partial charge >= 0.3 is 0 Å². The molecule has 0 atom stereocenters. The molecule has 5 heteroatoms. The van der Waals surface area contributed by atoms with Crippen molar-refractivity contribution in [2.45, 2.75) is 33.6 Å². The van der Waals surface area contributed by atoms with Crippen molar-refractivity contribution < 1.29 is 9.72 Å². The quantitative estimate of drug-likeness (QED) is 0.617. The maximum Gasteiger partial charge on any atom is 0.270 e. The Bertz CT molecular complexity index is 478. The van der Waals surface area contributed by atoms with Crippen molar-refractivity contribution in [3.63, 3.8) is 0 Å². The van der Waals surface area contributed by atoms with Crippen molar-refractivity contribution in [3.05, 3.63) is 38.9 Å². The van der Waals surface area contributed by atoms with E-state index in [-0.39, 0.29) is 16.9 Å². The first-order chi connectivity index (χ1) is 8.21. The van der Waals surface area contributed by atoms with Crippen molar-refractivity contribution in [2.24, 2.45) is 5.41 Å². The van der Waals surface area contributed by atoms with Crippen molar-refractivity contribution in [3.8, 4) is 0 Å². The molecule has 0 N–H and O–H groups in total. The number of rotatable bonds is 4. The number of carbonyl (C=O) groups excluding carboxylic acids is 1. The van der Waals surface area contributed by atoms with E-state index in [4.69, 9.17) is 11.6 Å². The summed E-state index contributed by atoms with van der Waals surface area (Å²) in [6, 6.07) is 4.33. The van der Waals surface area contributed by atoms with E-state index < -0.39 is 4.92 Å². The van der Waals surface area contributed by atoms with Crippen LogP contribution >= 0.6 is 11.6 Å². The van der Waals surface area contributed by atoms with Crippen LogP contribution in [0, 0.1) is 15.5 Å². The number of hydrogen-bond donors (Lipinski definition) is 0. The molecule has 0 radical (unpaired) electrons. The lowest BCUT2D eigenvalue weighted by Crippen LogP contribution is -2.20. The molecule has 18 heavy (non-hydrogen) atoms. The standard InChI is InChI=1S/C13H16ClNO3/c1-13(2,3)12(16)7-5-9-4-6-10(15(17)18)8-11(9)14/h4,6,8H,5,7H2,1-3H3. The van der Waals surface area contributed by atoms with Gasteiger partial charge in [0, 0.05) is 24.0 Å². The van der Waals surface area contributed by atoms with Crippen LogP contribution < -0.4 is 0 Å². The third-order valence-electron chi connectivity index (χ3n) is 2.71. The van der Waals surface area contributed by atoms with Crippen molar-refractivity contribution in [1.82, 2.24) is 0 Å². The van der Waals surface area contributed by atoms with Gasteiger partial charge in [-0.05, 0) is 12.0 Å². The van der Waals surface area contributed by atoms with Gasteiger partial charge < -0.3 is 0 Å². The molecule has 0 bridgehead atoms. The van der Waals surface area contributed by atoms with Crippen LogP contribution in [0.25, 0.3) is 0 Å². The zero-order valence-corrected chi connectivity index (χ0v) is 11.5. The van der Waals surface area contributed by atoms with Gasteiger partial charge in [-0.1, -0.05) is 38.4 Å². The average Bonchev–Trinajstić information content (AvgIpc) is 2.25. The van der Waals surface area contributed by atoms with Crippen molar-refractivity contribution in [1.29, 1.82) is 0 Å². The molecular formula is C13H16ClNO3.